The van der Waals surface area contributed by atoms with E-state index in [0.717, 1.165) is 16.7 Å². The third-order valence-corrected chi connectivity index (χ3v) is 4.10. The van der Waals surface area contributed by atoms with E-state index in [1.54, 1.807) is 0 Å². The zero-order valence-electron chi connectivity index (χ0n) is 13.2. The van der Waals surface area contributed by atoms with Gasteiger partial charge in [-0.25, -0.2) is 0 Å². The van der Waals surface area contributed by atoms with E-state index in [0.29, 0.717) is 11.4 Å². The van der Waals surface area contributed by atoms with Gasteiger partial charge in [0.2, 0.25) is 5.91 Å². The molecule has 2 nitrogen and oxygen atoms in total. The average Bonchev–Trinajstić information content (AvgIpc) is 2.62. The van der Waals surface area contributed by atoms with E-state index < -0.39 is 0 Å². The van der Waals surface area contributed by atoms with Crippen molar-refractivity contribution < 1.29 is 4.79 Å². The number of amides is 1. The Morgan fingerprint density at radius 1 is 0.792 bits per heavy atom. The van der Waals surface area contributed by atoms with Crippen molar-refractivity contribution in [3.8, 4) is 0 Å². The summed E-state index contributed by atoms with van der Waals surface area (Å²) in [5.74, 6) is -0.00926. The summed E-state index contributed by atoms with van der Waals surface area (Å²) in [6, 6.07) is 27.1. The number of carbonyl (C=O) groups is 1. The van der Waals surface area contributed by atoms with Gasteiger partial charge in [-0.1, -0.05) is 84.4 Å². The Morgan fingerprint density at radius 3 is 1.96 bits per heavy atom. The van der Waals surface area contributed by atoms with Crippen molar-refractivity contribution in [1.29, 1.82) is 0 Å². The van der Waals surface area contributed by atoms with E-state index in [4.69, 9.17) is 11.6 Å². The Bertz CT molecular complexity index is 785. The first kappa shape index (κ1) is 16.3. The first-order valence-electron chi connectivity index (χ1n) is 7.86. The van der Waals surface area contributed by atoms with Gasteiger partial charge in [-0.2, -0.15) is 0 Å². The van der Waals surface area contributed by atoms with Gasteiger partial charge in [0.1, 0.15) is 0 Å². The number of nitrogens with one attached hydrogen (secondary N) is 1. The Labute approximate surface area is 147 Å². The van der Waals surface area contributed by atoms with Gasteiger partial charge in [-0.3, -0.25) is 4.79 Å². The lowest BCUT2D eigenvalue weighted by atomic mass is 9.98. The van der Waals surface area contributed by atoms with Gasteiger partial charge in [0.05, 0.1) is 12.5 Å². The fraction of sp³-hybridized carbons (Fsp3) is 0.0952. The van der Waals surface area contributed by atoms with Crippen LogP contribution in [0.25, 0.3) is 0 Å². The molecule has 0 unspecified atom stereocenters. The molecule has 1 N–H and O–H groups in total. The van der Waals surface area contributed by atoms with Gasteiger partial charge in [-0.05, 0) is 28.8 Å². The summed E-state index contributed by atoms with van der Waals surface area (Å²) in [4.78, 5) is 12.5. The fourth-order valence-corrected chi connectivity index (χ4v) is 2.78. The molecule has 3 aromatic carbocycles. The predicted molar refractivity (Wildman–Crippen MR) is 98.0 cm³/mol. The minimum atomic E-state index is -0.195. The molecule has 0 bridgehead atoms. The first-order valence-corrected chi connectivity index (χ1v) is 8.24. The SMILES string of the molecule is O=C(Cc1ccccc1)N[C@@H](c1ccccc1)c1ccc(Cl)cc1. The lowest BCUT2D eigenvalue weighted by Crippen LogP contribution is -2.30. The normalized spacial score (nSPS) is 11.7. The highest BCUT2D eigenvalue weighted by atomic mass is 35.5. The second-order valence-electron chi connectivity index (χ2n) is 5.63. The van der Waals surface area contributed by atoms with Crippen molar-refractivity contribution >= 4 is 17.5 Å². The molecule has 0 aliphatic rings. The second kappa shape index (κ2) is 7.80. The van der Waals surface area contributed by atoms with Crippen molar-refractivity contribution in [3.63, 3.8) is 0 Å². The third kappa shape index (κ3) is 4.24. The molecule has 3 aromatic rings. The van der Waals surface area contributed by atoms with Crippen LogP contribution < -0.4 is 5.32 Å². The van der Waals surface area contributed by atoms with Crippen LogP contribution >= 0.6 is 11.6 Å². The summed E-state index contributed by atoms with van der Waals surface area (Å²) in [5, 5.41) is 3.82. The molecule has 120 valence electrons. The van der Waals surface area contributed by atoms with Crippen LogP contribution in [0.5, 0.6) is 0 Å². The molecule has 0 aliphatic carbocycles. The summed E-state index contributed by atoms with van der Waals surface area (Å²) in [6.45, 7) is 0. The maximum atomic E-state index is 12.5. The van der Waals surface area contributed by atoms with Crippen molar-refractivity contribution in [2.45, 2.75) is 12.5 Å². The first-order chi connectivity index (χ1) is 11.7. The zero-order chi connectivity index (χ0) is 16.8. The van der Waals surface area contributed by atoms with Crippen molar-refractivity contribution in [3.05, 3.63) is 107 Å². The van der Waals surface area contributed by atoms with Crippen LogP contribution in [0.3, 0.4) is 0 Å². The molecule has 0 aromatic heterocycles. The van der Waals surface area contributed by atoms with Gasteiger partial charge < -0.3 is 5.32 Å². The van der Waals surface area contributed by atoms with Crippen molar-refractivity contribution in [1.82, 2.24) is 5.32 Å². The highest BCUT2D eigenvalue weighted by Gasteiger charge is 2.16. The average molecular weight is 336 g/mol. The number of hydrogen-bond donors (Lipinski definition) is 1. The predicted octanol–water partition coefficient (Wildman–Crippen LogP) is 4.79. The summed E-state index contributed by atoms with van der Waals surface area (Å²) < 4.78 is 0. The van der Waals surface area contributed by atoms with Crippen molar-refractivity contribution in [2.75, 3.05) is 0 Å². The summed E-state index contributed by atoms with van der Waals surface area (Å²) in [5.41, 5.74) is 3.05. The van der Waals surface area contributed by atoms with Gasteiger partial charge in [0.25, 0.3) is 0 Å². The lowest BCUT2D eigenvalue weighted by Gasteiger charge is -2.20. The van der Waals surface area contributed by atoms with Crippen LogP contribution in [0.4, 0.5) is 0 Å². The van der Waals surface area contributed by atoms with Crippen LogP contribution in [0.15, 0.2) is 84.9 Å². The number of rotatable bonds is 5. The van der Waals surface area contributed by atoms with Crippen LogP contribution in [0.1, 0.15) is 22.7 Å². The minimum Gasteiger partial charge on any atom is -0.345 e. The molecule has 0 saturated carbocycles. The topological polar surface area (TPSA) is 29.1 Å². The molecule has 1 amide bonds. The van der Waals surface area contributed by atoms with E-state index in [-0.39, 0.29) is 11.9 Å². The van der Waals surface area contributed by atoms with E-state index in [1.165, 1.54) is 0 Å². The largest absolute Gasteiger partial charge is 0.345 e. The van der Waals surface area contributed by atoms with Crippen LogP contribution in [-0.2, 0) is 11.2 Å². The summed E-state index contributed by atoms with van der Waals surface area (Å²) >= 11 is 5.99. The van der Waals surface area contributed by atoms with Crippen LogP contribution in [0.2, 0.25) is 5.02 Å². The Morgan fingerprint density at radius 2 is 1.33 bits per heavy atom. The highest BCUT2D eigenvalue weighted by molar-refractivity contribution is 6.30. The molecule has 3 heteroatoms. The monoisotopic (exact) mass is 335 g/mol. The molecular weight excluding hydrogens is 318 g/mol. The molecule has 0 saturated heterocycles. The number of carbonyl (C=O) groups excluding carboxylic acids is 1. The van der Waals surface area contributed by atoms with E-state index in [1.807, 2.05) is 84.9 Å². The maximum Gasteiger partial charge on any atom is 0.225 e. The van der Waals surface area contributed by atoms with Gasteiger partial charge >= 0.3 is 0 Å². The van der Waals surface area contributed by atoms with Gasteiger partial charge in [-0.15, -0.1) is 0 Å². The van der Waals surface area contributed by atoms with Crippen LogP contribution in [0, 0.1) is 0 Å². The minimum absolute atomic E-state index is 0.00926. The molecule has 3 rings (SSSR count). The molecule has 0 fully saturated rings. The molecule has 24 heavy (non-hydrogen) atoms. The Kier molecular flexibility index (Phi) is 5.29. The van der Waals surface area contributed by atoms with E-state index in [9.17, 15) is 4.79 Å². The molecule has 0 aliphatic heterocycles. The van der Waals surface area contributed by atoms with Crippen molar-refractivity contribution in [2.24, 2.45) is 0 Å². The molecule has 0 spiro atoms. The molecule has 1 atom stereocenters. The highest BCUT2D eigenvalue weighted by Crippen LogP contribution is 2.23. The molecule has 0 heterocycles. The number of benzene rings is 3. The number of hydrogen-bond acceptors (Lipinski definition) is 1. The number of halogens is 1. The Hall–Kier alpha value is -2.58. The second-order valence-corrected chi connectivity index (χ2v) is 6.06. The standard InChI is InChI=1S/C21H18ClNO/c22-19-13-11-18(12-14-19)21(17-9-5-2-6-10-17)23-20(24)15-16-7-3-1-4-8-16/h1-14,21H,15H2,(H,23,24)/t21-/m0/s1. The summed E-state index contributed by atoms with van der Waals surface area (Å²) in [7, 11) is 0. The molecule has 0 radical (unpaired) electrons. The Balaban J connectivity index is 1.82. The quantitative estimate of drug-likeness (QED) is 0.713. The molecular formula is C21H18ClNO. The van der Waals surface area contributed by atoms with E-state index >= 15 is 0 Å². The van der Waals surface area contributed by atoms with Crippen LogP contribution in [-0.4, -0.2) is 5.91 Å². The van der Waals surface area contributed by atoms with E-state index in [2.05, 4.69) is 5.32 Å². The van der Waals surface area contributed by atoms with Gasteiger partial charge in [0, 0.05) is 5.02 Å². The zero-order valence-corrected chi connectivity index (χ0v) is 13.9. The fourth-order valence-electron chi connectivity index (χ4n) is 2.65. The third-order valence-electron chi connectivity index (χ3n) is 3.85. The lowest BCUT2D eigenvalue weighted by molar-refractivity contribution is -0.120. The smallest absolute Gasteiger partial charge is 0.225 e. The van der Waals surface area contributed by atoms with Gasteiger partial charge in [0.15, 0.2) is 0 Å². The summed E-state index contributed by atoms with van der Waals surface area (Å²) in [6.07, 6.45) is 0.359. The maximum absolute atomic E-state index is 12.5.